The molecule has 2 fully saturated rings. The molecule has 130 valence electrons. The number of carbonyl (C=O) groups is 1. The van der Waals surface area contributed by atoms with E-state index in [0.29, 0.717) is 13.1 Å². The summed E-state index contributed by atoms with van der Waals surface area (Å²) in [7, 11) is 0. The highest BCUT2D eigenvalue weighted by Gasteiger charge is 2.47. The molecule has 1 saturated carbocycles. The van der Waals surface area contributed by atoms with E-state index in [-0.39, 0.29) is 17.3 Å². The fourth-order valence-electron chi connectivity index (χ4n) is 4.33. The van der Waals surface area contributed by atoms with Crippen molar-refractivity contribution in [3.63, 3.8) is 0 Å². The van der Waals surface area contributed by atoms with E-state index < -0.39 is 0 Å². The van der Waals surface area contributed by atoms with Gasteiger partial charge in [0.2, 0.25) is 0 Å². The van der Waals surface area contributed by atoms with Crippen molar-refractivity contribution in [1.29, 1.82) is 0 Å². The largest absolute Gasteiger partial charge is 0.338 e. The SMILES string of the molecule is CCCNC(=O)N1CC2(CCN(C3CC3)CC2)c2cc(F)ccc21. The molecule has 3 aliphatic rings. The molecule has 0 aromatic heterocycles. The Kier molecular flexibility index (Phi) is 3.99. The van der Waals surface area contributed by atoms with Gasteiger partial charge in [-0.05, 0) is 69.0 Å². The van der Waals surface area contributed by atoms with E-state index in [4.69, 9.17) is 0 Å². The molecule has 0 bridgehead atoms. The second kappa shape index (κ2) is 6.03. The van der Waals surface area contributed by atoms with Gasteiger partial charge in [-0.2, -0.15) is 0 Å². The first kappa shape index (κ1) is 15.9. The number of benzene rings is 1. The first-order chi connectivity index (χ1) is 11.6. The smallest absolute Gasteiger partial charge is 0.321 e. The first-order valence-corrected chi connectivity index (χ1v) is 9.22. The van der Waals surface area contributed by atoms with Gasteiger partial charge in [-0.3, -0.25) is 4.90 Å². The Morgan fingerprint density at radius 2 is 2.08 bits per heavy atom. The van der Waals surface area contributed by atoms with Gasteiger partial charge in [0.15, 0.2) is 0 Å². The molecule has 2 heterocycles. The zero-order valence-corrected chi connectivity index (χ0v) is 14.4. The standard InChI is InChI=1S/C19H26FN3O/c1-2-9-21-18(24)23-13-19(16-12-14(20)3-6-17(16)23)7-10-22(11-8-19)15-4-5-15/h3,6,12,15H,2,4-5,7-11,13H2,1H3,(H,21,24). The van der Waals surface area contributed by atoms with Gasteiger partial charge in [-0.25, -0.2) is 9.18 Å². The highest BCUT2D eigenvalue weighted by molar-refractivity contribution is 5.95. The Morgan fingerprint density at radius 3 is 2.75 bits per heavy atom. The lowest BCUT2D eigenvalue weighted by Gasteiger charge is -2.40. The summed E-state index contributed by atoms with van der Waals surface area (Å²) in [6.07, 6.45) is 5.58. The minimum Gasteiger partial charge on any atom is -0.338 e. The maximum atomic E-state index is 13.9. The molecule has 4 nitrogen and oxygen atoms in total. The van der Waals surface area contributed by atoms with Crippen LogP contribution in [0.15, 0.2) is 18.2 Å². The minimum absolute atomic E-state index is 0.0498. The van der Waals surface area contributed by atoms with Crippen molar-refractivity contribution >= 4 is 11.7 Å². The molecule has 1 aliphatic carbocycles. The van der Waals surface area contributed by atoms with Crippen molar-refractivity contribution in [1.82, 2.24) is 10.2 Å². The van der Waals surface area contributed by atoms with Gasteiger partial charge in [-0.1, -0.05) is 6.92 Å². The zero-order chi connectivity index (χ0) is 16.7. The minimum atomic E-state index is -0.200. The second-order valence-corrected chi connectivity index (χ2v) is 7.53. The van der Waals surface area contributed by atoms with E-state index in [0.717, 1.165) is 49.6 Å². The molecule has 1 saturated heterocycles. The van der Waals surface area contributed by atoms with Crippen molar-refractivity contribution in [2.45, 2.75) is 50.5 Å². The first-order valence-electron chi connectivity index (χ1n) is 9.22. The fraction of sp³-hybridized carbons (Fsp3) is 0.632. The normalized spacial score (nSPS) is 22.7. The number of anilines is 1. The quantitative estimate of drug-likeness (QED) is 0.923. The average molecular weight is 331 g/mol. The average Bonchev–Trinajstić information content (AvgIpc) is 3.39. The number of hydrogen-bond acceptors (Lipinski definition) is 2. The molecule has 1 spiro atoms. The zero-order valence-electron chi connectivity index (χ0n) is 14.4. The van der Waals surface area contributed by atoms with E-state index in [9.17, 15) is 9.18 Å². The molecule has 1 aromatic rings. The van der Waals surface area contributed by atoms with Crippen LogP contribution in [0.1, 0.15) is 44.6 Å². The molecule has 24 heavy (non-hydrogen) atoms. The molecule has 4 rings (SSSR count). The number of rotatable bonds is 3. The van der Waals surface area contributed by atoms with E-state index in [2.05, 4.69) is 10.2 Å². The fourth-order valence-corrected chi connectivity index (χ4v) is 4.33. The topological polar surface area (TPSA) is 35.6 Å². The lowest BCUT2D eigenvalue weighted by Crippen LogP contribution is -2.48. The van der Waals surface area contributed by atoms with Crippen LogP contribution in [0.4, 0.5) is 14.9 Å². The number of carbonyl (C=O) groups excluding carboxylic acids is 1. The van der Waals surface area contributed by atoms with Crippen LogP contribution in [-0.4, -0.2) is 43.2 Å². The summed E-state index contributed by atoms with van der Waals surface area (Å²) in [6, 6.07) is 5.64. The summed E-state index contributed by atoms with van der Waals surface area (Å²) >= 11 is 0. The van der Waals surface area contributed by atoms with E-state index in [1.807, 2.05) is 11.8 Å². The second-order valence-electron chi connectivity index (χ2n) is 7.53. The summed E-state index contributed by atoms with van der Waals surface area (Å²) in [5.41, 5.74) is 1.85. The van der Waals surface area contributed by atoms with Gasteiger partial charge in [0.05, 0.1) is 0 Å². The molecule has 5 heteroatoms. The highest BCUT2D eigenvalue weighted by atomic mass is 19.1. The molecule has 2 amide bonds. The third-order valence-electron chi connectivity index (χ3n) is 5.87. The van der Waals surface area contributed by atoms with Gasteiger partial charge < -0.3 is 10.2 Å². The number of hydrogen-bond donors (Lipinski definition) is 1. The maximum Gasteiger partial charge on any atom is 0.321 e. The predicted octanol–water partition coefficient (Wildman–Crippen LogP) is 3.26. The number of halogens is 1. The van der Waals surface area contributed by atoms with Crippen molar-refractivity contribution in [2.75, 3.05) is 31.1 Å². The van der Waals surface area contributed by atoms with Gasteiger partial charge in [0.1, 0.15) is 5.82 Å². The lowest BCUT2D eigenvalue weighted by molar-refractivity contribution is 0.158. The summed E-state index contributed by atoms with van der Waals surface area (Å²) in [4.78, 5) is 17.0. The van der Waals surface area contributed by atoms with E-state index >= 15 is 0 Å². The summed E-state index contributed by atoms with van der Waals surface area (Å²) < 4.78 is 13.9. The molecule has 1 N–H and O–H groups in total. The number of likely N-dealkylation sites (tertiary alicyclic amines) is 1. The van der Waals surface area contributed by atoms with E-state index in [1.54, 1.807) is 12.1 Å². The molecule has 2 aliphatic heterocycles. The van der Waals surface area contributed by atoms with E-state index in [1.165, 1.54) is 18.9 Å². The van der Waals surface area contributed by atoms with Crippen LogP contribution in [0.5, 0.6) is 0 Å². The predicted molar refractivity (Wildman–Crippen MR) is 92.9 cm³/mol. The number of amides is 2. The molecule has 1 aromatic carbocycles. The number of nitrogens with one attached hydrogen (secondary N) is 1. The van der Waals surface area contributed by atoms with Crippen LogP contribution in [-0.2, 0) is 5.41 Å². The van der Waals surface area contributed by atoms with Crippen molar-refractivity contribution in [3.05, 3.63) is 29.6 Å². The monoisotopic (exact) mass is 331 g/mol. The van der Waals surface area contributed by atoms with Crippen LogP contribution >= 0.6 is 0 Å². The van der Waals surface area contributed by atoms with Gasteiger partial charge in [0, 0.05) is 30.2 Å². The molecular weight excluding hydrogens is 305 g/mol. The Morgan fingerprint density at radius 1 is 1.33 bits per heavy atom. The summed E-state index contributed by atoms with van der Waals surface area (Å²) in [5, 5.41) is 2.97. The number of fused-ring (bicyclic) bond motifs is 2. The molecule has 0 atom stereocenters. The number of urea groups is 1. The summed E-state index contributed by atoms with van der Waals surface area (Å²) in [6.45, 7) is 5.52. The number of nitrogens with zero attached hydrogens (tertiary/aromatic N) is 2. The third-order valence-corrected chi connectivity index (χ3v) is 5.87. The Labute approximate surface area is 143 Å². The Hall–Kier alpha value is -1.62. The highest BCUT2D eigenvalue weighted by Crippen LogP contribution is 2.48. The third kappa shape index (κ3) is 2.69. The summed E-state index contributed by atoms with van der Waals surface area (Å²) in [5.74, 6) is -0.200. The van der Waals surface area contributed by atoms with Crippen molar-refractivity contribution < 1.29 is 9.18 Å². The maximum absolute atomic E-state index is 13.9. The van der Waals surface area contributed by atoms with Crippen LogP contribution < -0.4 is 10.2 Å². The van der Waals surface area contributed by atoms with Gasteiger partial charge >= 0.3 is 6.03 Å². The van der Waals surface area contributed by atoms with Crippen LogP contribution in [0, 0.1) is 5.82 Å². The number of piperidine rings is 1. The van der Waals surface area contributed by atoms with Crippen LogP contribution in [0.2, 0.25) is 0 Å². The van der Waals surface area contributed by atoms with Gasteiger partial charge in [-0.15, -0.1) is 0 Å². The Bertz CT molecular complexity index is 635. The van der Waals surface area contributed by atoms with Crippen LogP contribution in [0.3, 0.4) is 0 Å². The van der Waals surface area contributed by atoms with Crippen molar-refractivity contribution in [3.8, 4) is 0 Å². The molecule has 0 unspecified atom stereocenters. The van der Waals surface area contributed by atoms with Crippen LogP contribution in [0.25, 0.3) is 0 Å². The lowest BCUT2D eigenvalue weighted by atomic mass is 9.74. The Balaban J connectivity index is 1.60. The molecular formula is C19H26FN3O. The molecule has 0 radical (unpaired) electrons. The van der Waals surface area contributed by atoms with Gasteiger partial charge in [0.25, 0.3) is 0 Å². The van der Waals surface area contributed by atoms with Crippen molar-refractivity contribution in [2.24, 2.45) is 0 Å².